The van der Waals surface area contributed by atoms with Gasteiger partial charge in [0.15, 0.2) is 6.29 Å². The van der Waals surface area contributed by atoms with Crippen LogP contribution in [-0.2, 0) is 0 Å². The molecule has 0 aliphatic heterocycles. The molecule has 3 heteroatoms. The number of carbonyl (C=O) groups excluding carboxylic acids is 1. The maximum Gasteiger partial charge on any atom is 0.150 e. The van der Waals surface area contributed by atoms with E-state index in [-0.39, 0.29) is 0 Å². The van der Waals surface area contributed by atoms with Crippen LogP contribution >= 0.6 is 12.2 Å². The highest BCUT2D eigenvalue weighted by Crippen LogP contribution is 2.09. The number of rotatable bonds is 2. The average Bonchev–Trinajstić information content (AvgIpc) is 2.16. The van der Waals surface area contributed by atoms with E-state index in [9.17, 15) is 4.79 Å². The number of benzene rings is 1. The Labute approximate surface area is 83.2 Å². The lowest BCUT2D eigenvalue weighted by Gasteiger charge is -2.14. The van der Waals surface area contributed by atoms with Gasteiger partial charge in [0, 0.05) is 25.2 Å². The van der Waals surface area contributed by atoms with Crippen molar-refractivity contribution in [1.82, 2.24) is 4.90 Å². The summed E-state index contributed by atoms with van der Waals surface area (Å²) in [5, 5.41) is 0. The zero-order valence-electron chi connectivity index (χ0n) is 7.65. The second kappa shape index (κ2) is 4.14. The molecule has 1 aromatic rings. The van der Waals surface area contributed by atoms with Gasteiger partial charge >= 0.3 is 0 Å². The molecule has 0 saturated heterocycles. The summed E-state index contributed by atoms with van der Waals surface area (Å²) in [6.07, 6.45) is 0.825. The number of nitrogens with zero attached hydrogens (tertiary/aromatic N) is 1. The monoisotopic (exact) mass is 193 g/mol. The first-order valence-corrected chi connectivity index (χ1v) is 4.33. The van der Waals surface area contributed by atoms with Crippen LogP contribution in [0.1, 0.15) is 15.9 Å². The molecule has 68 valence electrons. The summed E-state index contributed by atoms with van der Waals surface area (Å²) in [6, 6.07) is 7.31. The molecule has 1 rings (SSSR count). The molecule has 13 heavy (non-hydrogen) atoms. The highest BCUT2D eigenvalue weighted by atomic mass is 32.1. The molecular formula is C10H11NOS. The van der Waals surface area contributed by atoms with Gasteiger partial charge in [-0.25, -0.2) is 0 Å². The Hall–Kier alpha value is -1.22. The Bertz CT molecular complexity index is 333. The molecule has 0 amide bonds. The largest absolute Gasteiger partial charge is 0.368 e. The first-order chi connectivity index (χ1) is 6.16. The van der Waals surface area contributed by atoms with Crippen LogP contribution in [0, 0.1) is 0 Å². The molecular weight excluding hydrogens is 182 g/mol. The van der Waals surface area contributed by atoms with Crippen molar-refractivity contribution < 1.29 is 4.79 Å². The Balaban J connectivity index is 3.13. The first-order valence-electron chi connectivity index (χ1n) is 3.92. The van der Waals surface area contributed by atoms with Crippen molar-refractivity contribution in [3.8, 4) is 0 Å². The van der Waals surface area contributed by atoms with Gasteiger partial charge in [-0.05, 0) is 0 Å². The smallest absolute Gasteiger partial charge is 0.150 e. The fraction of sp³-hybridized carbons (Fsp3) is 0.200. The van der Waals surface area contributed by atoms with E-state index in [1.807, 2.05) is 37.2 Å². The molecule has 0 aliphatic carbocycles. The van der Waals surface area contributed by atoms with Crippen LogP contribution in [0.2, 0.25) is 0 Å². The number of carbonyl (C=O) groups is 1. The maximum atomic E-state index is 10.7. The van der Waals surface area contributed by atoms with E-state index >= 15 is 0 Å². The minimum absolute atomic E-state index is 0.640. The number of thiocarbonyl (C=S) groups is 1. The molecule has 0 spiro atoms. The highest BCUT2D eigenvalue weighted by molar-refractivity contribution is 7.80. The summed E-state index contributed by atoms with van der Waals surface area (Å²) >= 11 is 5.17. The molecule has 0 bridgehead atoms. The Morgan fingerprint density at radius 2 is 2.00 bits per heavy atom. The van der Waals surface area contributed by atoms with Crippen LogP contribution in [0.4, 0.5) is 0 Å². The third kappa shape index (κ3) is 2.12. The fourth-order valence-electron chi connectivity index (χ4n) is 1.04. The van der Waals surface area contributed by atoms with E-state index in [1.165, 1.54) is 0 Å². The minimum Gasteiger partial charge on any atom is -0.368 e. The SMILES string of the molecule is CN(C)C(=S)c1ccccc1C=O. The van der Waals surface area contributed by atoms with Gasteiger partial charge in [-0.15, -0.1) is 0 Å². The van der Waals surface area contributed by atoms with Crippen molar-refractivity contribution in [2.75, 3.05) is 14.1 Å². The van der Waals surface area contributed by atoms with E-state index in [0.717, 1.165) is 11.8 Å². The fourth-order valence-corrected chi connectivity index (χ4v) is 1.22. The quantitative estimate of drug-likeness (QED) is 0.527. The standard InChI is InChI=1S/C10H11NOS/c1-11(2)10(13)9-6-4-3-5-8(9)7-12/h3-7H,1-2H3. The van der Waals surface area contributed by atoms with Crippen molar-refractivity contribution in [1.29, 1.82) is 0 Å². The van der Waals surface area contributed by atoms with Crippen LogP contribution in [0.5, 0.6) is 0 Å². The Kier molecular flexibility index (Phi) is 3.14. The third-order valence-electron chi connectivity index (χ3n) is 1.72. The Morgan fingerprint density at radius 1 is 1.38 bits per heavy atom. The van der Waals surface area contributed by atoms with Gasteiger partial charge in [-0.2, -0.15) is 0 Å². The van der Waals surface area contributed by atoms with E-state index in [2.05, 4.69) is 0 Å². The Morgan fingerprint density at radius 3 is 2.54 bits per heavy atom. The molecule has 0 aliphatic rings. The molecule has 0 atom stereocenters. The van der Waals surface area contributed by atoms with Gasteiger partial charge in [0.25, 0.3) is 0 Å². The molecule has 0 saturated carbocycles. The molecule has 1 aromatic carbocycles. The average molecular weight is 193 g/mol. The number of hydrogen-bond acceptors (Lipinski definition) is 2. The van der Waals surface area contributed by atoms with Gasteiger partial charge in [-0.3, -0.25) is 4.79 Å². The predicted molar refractivity (Wildman–Crippen MR) is 57.2 cm³/mol. The molecule has 0 heterocycles. The first kappa shape index (κ1) is 9.86. The molecule has 2 nitrogen and oxygen atoms in total. The molecule has 0 N–H and O–H groups in total. The maximum absolute atomic E-state index is 10.7. The van der Waals surface area contributed by atoms with Crippen LogP contribution in [-0.4, -0.2) is 30.3 Å². The van der Waals surface area contributed by atoms with Gasteiger partial charge < -0.3 is 4.90 Å². The minimum atomic E-state index is 0.640. The lowest BCUT2D eigenvalue weighted by molar-refractivity contribution is 0.112. The summed E-state index contributed by atoms with van der Waals surface area (Å²) in [5.74, 6) is 0. The lowest BCUT2D eigenvalue weighted by atomic mass is 10.1. The van der Waals surface area contributed by atoms with Crippen molar-refractivity contribution in [2.24, 2.45) is 0 Å². The van der Waals surface area contributed by atoms with E-state index < -0.39 is 0 Å². The van der Waals surface area contributed by atoms with Gasteiger partial charge in [0.2, 0.25) is 0 Å². The lowest BCUT2D eigenvalue weighted by Crippen LogP contribution is -2.21. The van der Waals surface area contributed by atoms with Crippen molar-refractivity contribution in [3.63, 3.8) is 0 Å². The second-order valence-electron chi connectivity index (χ2n) is 2.90. The number of aldehydes is 1. The molecule has 0 aromatic heterocycles. The van der Waals surface area contributed by atoms with Gasteiger partial charge in [0.05, 0.1) is 0 Å². The molecule has 0 unspecified atom stereocenters. The zero-order chi connectivity index (χ0) is 9.84. The van der Waals surface area contributed by atoms with Gasteiger partial charge in [-0.1, -0.05) is 36.5 Å². The van der Waals surface area contributed by atoms with Crippen molar-refractivity contribution in [3.05, 3.63) is 35.4 Å². The van der Waals surface area contributed by atoms with E-state index in [0.29, 0.717) is 10.6 Å². The van der Waals surface area contributed by atoms with E-state index in [1.54, 1.807) is 6.07 Å². The third-order valence-corrected chi connectivity index (χ3v) is 2.31. The number of hydrogen-bond donors (Lipinski definition) is 0. The summed E-state index contributed by atoms with van der Waals surface area (Å²) in [6.45, 7) is 0. The summed E-state index contributed by atoms with van der Waals surface area (Å²) < 4.78 is 0. The van der Waals surface area contributed by atoms with Crippen LogP contribution < -0.4 is 0 Å². The van der Waals surface area contributed by atoms with Crippen LogP contribution in [0.25, 0.3) is 0 Å². The van der Waals surface area contributed by atoms with Crippen LogP contribution in [0.15, 0.2) is 24.3 Å². The normalized spacial score (nSPS) is 9.38. The molecule has 0 radical (unpaired) electrons. The van der Waals surface area contributed by atoms with Crippen molar-refractivity contribution >= 4 is 23.5 Å². The van der Waals surface area contributed by atoms with Gasteiger partial charge in [0.1, 0.15) is 4.99 Å². The summed E-state index contributed by atoms with van der Waals surface area (Å²) in [7, 11) is 3.73. The van der Waals surface area contributed by atoms with Crippen LogP contribution in [0.3, 0.4) is 0 Å². The summed E-state index contributed by atoms with van der Waals surface area (Å²) in [4.78, 5) is 13.2. The van der Waals surface area contributed by atoms with E-state index in [4.69, 9.17) is 12.2 Å². The molecule has 0 fully saturated rings. The zero-order valence-corrected chi connectivity index (χ0v) is 8.47. The predicted octanol–water partition coefficient (Wildman–Crippen LogP) is 1.74. The second-order valence-corrected chi connectivity index (χ2v) is 3.29. The highest BCUT2D eigenvalue weighted by Gasteiger charge is 2.07. The summed E-state index contributed by atoms with van der Waals surface area (Å²) in [5.41, 5.74) is 1.46. The van der Waals surface area contributed by atoms with Crippen molar-refractivity contribution in [2.45, 2.75) is 0 Å². The topological polar surface area (TPSA) is 20.3 Å².